The van der Waals surface area contributed by atoms with Gasteiger partial charge in [-0.15, -0.1) is 0 Å². The summed E-state index contributed by atoms with van der Waals surface area (Å²) in [7, 11) is -1.92. The predicted octanol–water partition coefficient (Wildman–Crippen LogP) is 4.05. The lowest BCUT2D eigenvalue weighted by molar-refractivity contribution is -0.135. The summed E-state index contributed by atoms with van der Waals surface area (Å²) in [6.45, 7) is 1.02. The normalized spacial score (nSPS) is 18.0. The van der Waals surface area contributed by atoms with Crippen molar-refractivity contribution in [2.45, 2.75) is 24.3 Å². The molecule has 1 aliphatic rings. The van der Waals surface area contributed by atoms with Crippen molar-refractivity contribution in [3.63, 3.8) is 0 Å². The molecular formula is C20H22Cl2N2O3S. The highest BCUT2D eigenvalue weighted by Crippen LogP contribution is 2.26. The first kappa shape index (κ1) is 21.1. The Kier molecular flexibility index (Phi) is 6.65. The molecule has 0 saturated carbocycles. The first-order valence-corrected chi connectivity index (χ1v) is 11.2. The molecule has 1 amide bonds. The number of carbonyl (C=O) groups is 1. The van der Waals surface area contributed by atoms with Crippen molar-refractivity contribution in [2.24, 2.45) is 5.92 Å². The molecule has 0 bridgehead atoms. The maximum atomic E-state index is 12.9. The summed E-state index contributed by atoms with van der Waals surface area (Å²) in [5, 5.41) is 1.10. The Morgan fingerprint density at radius 1 is 1.14 bits per heavy atom. The third-order valence-corrected chi connectivity index (χ3v) is 7.24. The zero-order chi connectivity index (χ0) is 20.3. The molecule has 28 heavy (non-hydrogen) atoms. The van der Waals surface area contributed by atoms with E-state index in [1.807, 2.05) is 18.2 Å². The molecule has 8 heteroatoms. The van der Waals surface area contributed by atoms with E-state index in [0.717, 1.165) is 5.56 Å². The lowest BCUT2D eigenvalue weighted by atomic mass is 9.98. The van der Waals surface area contributed by atoms with E-state index in [2.05, 4.69) is 0 Å². The lowest BCUT2D eigenvalue weighted by Crippen LogP contribution is -2.45. The van der Waals surface area contributed by atoms with Crippen LogP contribution in [-0.4, -0.2) is 43.7 Å². The second-order valence-corrected chi connectivity index (χ2v) is 9.79. The smallest absolute Gasteiger partial charge is 0.243 e. The summed E-state index contributed by atoms with van der Waals surface area (Å²) in [5.41, 5.74) is 0.935. The molecule has 0 radical (unpaired) electrons. The van der Waals surface area contributed by atoms with Crippen molar-refractivity contribution < 1.29 is 13.2 Å². The van der Waals surface area contributed by atoms with Crippen LogP contribution in [0.2, 0.25) is 10.0 Å². The van der Waals surface area contributed by atoms with Crippen molar-refractivity contribution in [1.82, 2.24) is 9.21 Å². The van der Waals surface area contributed by atoms with Crippen LogP contribution in [0.4, 0.5) is 0 Å². The summed E-state index contributed by atoms with van der Waals surface area (Å²) in [5.74, 6) is -0.420. The Hall–Kier alpha value is -1.60. The highest BCUT2D eigenvalue weighted by Gasteiger charge is 2.34. The van der Waals surface area contributed by atoms with Gasteiger partial charge in [-0.05, 0) is 54.8 Å². The van der Waals surface area contributed by atoms with Gasteiger partial charge in [0.15, 0.2) is 0 Å². The molecule has 150 valence electrons. The maximum Gasteiger partial charge on any atom is 0.243 e. The highest BCUT2D eigenvalue weighted by atomic mass is 35.5. The third-order valence-electron chi connectivity index (χ3n) is 4.87. The van der Waals surface area contributed by atoms with Crippen LogP contribution < -0.4 is 0 Å². The molecule has 1 atom stereocenters. The molecule has 0 spiro atoms. The largest absolute Gasteiger partial charge is 0.341 e. The summed E-state index contributed by atoms with van der Waals surface area (Å²) in [6, 6.07) is 13.5. The van der Waals surface area contributed by atoms with Crippen molar-refractivity contribution in [1.29, 1.82) is 0 Å². The van der Waals surface area contributed by atoms with Gasteiger partial charge in [0.1, 0.15) is 0 Å². The van der Waals surface area contributed by atoms with Crippen LogP contribution in [0.1, 0.15) is 18.4 Å². The monoisotopic (exact) mass is 440 g/mol. The van der Waals surface area contributed by atoms with Crippen LogP contribution in [0.5, 0.6) is 0 Å². The van der Waals surface area contributed by atoms with E-state index in [1.54, 1.807) is 30.1 Å². The first-order chi connectivity index (χ1) is 13.3. The van der Waals surface area contributed by atoms with Crippen molar-refractivity contribution in [2.75, 3.05) is 20.1 Å². The van der Waals surface area contributed by atoms with Gasteiger partial charge >= 0.3 is 0 Å². The molecule has 1 unspecified atom stereocenters. The van der Waals surface area contributed by atoms with E-state index in [-0.39, 0.29) is 23.3 Å². The molecule has 5 nitrogen and oxygen atoms in total. The summed E-state index contributed by atoms with van der Waals surface area (Å²) in [4.78, 5) is 14.7. The summed E-state index contributed by atoms with van der Waals surface area (Å²) >= 11 is 11.9. The van der Waals surface area contributed by atoms with Crippen molar-refractivity contribution in [3.8, 4) is 0 Å². The average Bonchev–Trinajstić information content (AvgIpc) is 2.68. The molecule has 1 aliphatic heterocycles. The minimum absolute atomic E-state index is 0.0593. The fourth-order valence-electron chi connectivity index (χ4n) is 3.42. The predicted molar refractivity (Wildman–Crippen MR) is 111 cm³/mol. The molecule has 1 heterocycles. The molecule has 0 N–H and O–H groups in total. The van der Waals surface area contributed by atoms with Crippen LogP contribution in [0.3, 0.4) is 0 Å². The van der Waals surface area contributed by atoms with Crippen LogP contribution in [-0.2, 0) is 21.4 Å². The minimum atomic E-state index is -3.65. The number of carbonyl (C=O) groups excluding carboxylic acids is 1. The van der Waals surface area contributed by atoms with Crippen molar-refractivity contribution in [3.05, 3.63) is 64.1 Å². The lowest BCUT2D eigenvalue weighted by Gasteiger charge is -2.33. The number of hydrogen-bond acceptors (Lipinski definition) is 3. The zero-order valence-corrected chi connectivity index (χ0v) is 17.8. The van der Waals surface area contributed by atoms with E-state index in [0.29, 0.717) is 36.0 Å². The van der Waals surface area contributed by atoms with E-state index in [4.69, 9.17) is 23.2 Å². The van der Waals surface area contributed by atoms with Gasteiger partial charge in [-0.3, -0.25) is 4.79 Å². The number of piperidine rings is 1. The Morgan fingerprint density at radius 3 is 2.54 bits per heavy atom. The van der Waals surface area contributed by atoms with Gasteiger partial charge in [0.25, 0.3) is 0 Å². The Balaban J connectivity index is 1.70. The summed E-state index contributed by atoms with van der Waals surface area (Å²) < 4.78 is 27.2. The molecular weight excluding hydrogens is 419 g/mol. The number of rotatable bonds is 5. The zero-order valence-electron chi connectivity index (χ0n) is 15.5. The van der Waals surface area contributed by atoms with E-state index in [1.165, 1.54) is 16.4 Å². The van der Waals surface area contributed by atoms with Crippen LogP contribution in [0, 0.1) is 5.92 Å². The van der Waals surface area contributed by atoms with Gasteiger partial charge in [-0.2, -0.15) is 4.31 Å². The SMILES string of the molecule is CN(Cc1cccc(Cl)c1)C(=O)C1CCCN(S(=O)(=O)c2ccc(Cl)cc2)C1. The Labute approximate surface area is 175 Å². The number of halogens is 2. The number of nitrogens with zero attached hydrogens (tertiary/aromatic N) is 2. The van der Waals surface area contributed by atoms with E-state index >= 15 is 0 Å². The van der Waals surface area contributed by atoms with E-state index in [9.17, 15) is 13.2 Å². The Morgan fingerprint density at radius 2 is 1.86 bits per heavy atom. The fraction of sp³-hybridized carbons (Fsp3) is 0.350. The molecule has 0 aromatic heterocycles. The van der Waals surface area contributed by atoms with Gasteiger partial charge in [-0.1, -0.05) is 35.3 Å². The highest BCUT2D eigenvalue weighted by molar-refractivity contribution is 7.89. The van der Waals surface area contributed by atoms with Crippen LogP contribution in [0.15, 0.2) is 53.4 Å². The minimum Gasteiger partial charge on any atom is -0.341 e. The maximum absolute atomic E-state index is 12.9. The van der Waals surface area contributed by atoms with Crippen LogP contribution >= 0.6 is 23.2 Å². The van der Waals surface area contributed by atoms with Gasteiger partial charge in [0, 0.05) is 36.7 Å². The van der Waals surface area contributed by atoms with Gasteiger partial charge < -0.3 is 4.90 Å². The van der Waals surface area contributed by atoms with E-state index < -0.39 is 10.0 Å². The average molecular weight is 441 g/mol. The quantitative estimate of drug-likeness (QED) is 0.704. The molecule has 2 aromatic rings. The van der Waals surface area contributed by atoms with Gasteiger partial charge in [0.05, 0.1) is 10.8 Å². The van der Waals surface area contributed by atoms with Gasteiger partial charge in [0.2, 0.25) is 15.9 Å². The number of hydrogen-bond donors (Lipinski definition) is 0. The third kappa shape index (κ3) is 4.87. The molecule has 2 aromatic carbocycles. The van der Waals surface area contributed by atoms with Crippen molar-refractivity contribution >= 4 is 39.1 Å². The molecule has 3 rings (SSSR count). The van der Waals surface area contributed by atoms with Crippen LogP contribution in [0.25, 0.3) is 0 Å². The molecule has 0 aliphatic carbocycles. The molecule has 1 fully saturated rings. The topological polar surface area (TPSA) is 57.7 Å². The number of benzene rings is 2. The number of sulfonamides is 1. The Bertz CT molecular complexity index is 948. The second-order valence-electron chi connectivity index (χ2n) is 6.98. The standard InChI is InChI=1S/C20H22Cl2N2O3S/c1-23(13-15-4-2-6-18(22)12-15)20(25)16-5-3-11-24(14-16)28(26,27)19-9-7-17(21)8-10-19/h2,4,6-10,12,16H,3,5,11,13-14H2,1H3. The number of amides is 1. The second kappa shape index (κ2) is 8.82. The molecule has 1 saturated heterocycles. The first-order valence-electron chi connectivity index (χ1n) is 9.02. The fourth-order valence-corrected chi connectivity index (χ4v) is 5.28. The van der Waals surface area contributed by atoms with Gasteiger partial charge in [-0.25, -0.2) is 8.42 Å². The summed E-state index contributed by atoms with van der Waals surface area (Å²) in [6.07, 6.45) is 1.32.